The Bertz CT molecular complexity index is 237. The quantitative estimate of drug-likeness (QED) is 0.633. The van der Waals surface area contributed by atoms with Gasteiger partial charge in [0.15, 0.2) is 0 Å². The Kier molecular flexibility index (Phi) is 1.88. The molecule has 2 fully saturated rings. The Balaban J connectivity index is 2.26. The number of hydrogen-bond donors (Lipinski definition) is 0. The highest BCUT2D eigenvalue weighted by Gasteiger charge is 2.53. The second kappa shape index (κ2) is 2.71. The Labute approximate surface area is 79.7 Å². The van der Waals surface area contributed by atoms with E-state index < -0.39 is 0 Å². The van der Waals surface area contributed by atoms with Gasteiger partial charge in [-0.25, -0.2) is 0 Å². The normalized spacial score (nSPS) is 35.9. The number of carbonyl (C=O) groups is 1. The van der Waals surface area contributed by atoms with Crippen molar-refractivity contribution in [2.24, 2.45) is 5.92 Å². The van der Waals surface area contributed by atoms with Crippen LogP contribution in [0.25, 0.3) is 0 Å². The van der Waals surface area contributed by atoms with E-state index in [9.17, 15) is 4.79 Å². The van der Waals surface area contributed by atoms with E-state index in [1.807, 2.05) is 4.90 Å². The maximum atomic E-state index is 11.6. The Morgan fingerprint density at radius 2 is 2.15 bits per heavy atom. The van der Waals surface area contributed by atoms with Crippen molar-refractivity contribution in [1.82, 2.24) is 9.80 Å². The van der Waals surface area contributed by atoms with Gasteiger partial charge in [0, 0.05) is 6.54 Å². The molecule has 0 aromatic rings. The van der Waals surface area contributed by atoms with Gasteiger partial charge in [-0.3, -0.25) is 9.69 Å². The monoisotopic (exact) mass is 182 g/mol. The molecule has 1 aliphatic carbocycles. The van der Waals surface area contributed by atoms with Crippen LogP contribution in [0.15, 0.2) is 0 Å². The molecule has 1 atom stereocenters. The summed E-state index contributed by atoms with van der Waals surface area (Å²) in [6, 6.07) is 0. The van der Waals surface area contributed by atoms with Gasteiger partial charge in [-0.05, 0) is 39.7 Å². The molecule has 0 bridgehead atoms. The minimum Gasteiger partial charge on any atom is -0.323 e. The molecule has 0 spiro atoms. The second-order valence-electron chi connectivity index (χ2n) is 4.36. The van der Waals surface area contributed by atoms with Crippen LogP contribution >= 0.6 is 0 Å². The van der Waals surface area contributed by atoms with Gasteiger partial charge in [0.05, 0.1) is 12.2 Å². The van der Waals surface area contributed by atoms with Gasteiger partial charge in [0.1, 0.15) is 0 Å². The average Bonchev–Trinajstić information content (AvgIpc) is 2.83. The zero-order chi connectivity index (χ0) is 9.64. The van der Waals surface area contributed by atoms with Crippen molar-refractivity contribution in [1.29, 1.82) is 0 Å². The Morgan fingerprint density at radius 3 is 2.62 bits per heavy atom. The lowest BCUT2D eigenvalue weighted by molar-refractivity contribution is -0.130. The molecule has 2 rings (SSSR count). The van der Waals surface area contributed by atoms with Gasteiger partial charge < -0.3 is 4.90 Å². The molecular formula is C10H18N2O. The first-order chi connectivity index (χ1) is 6.10. The predicted octanol–water partition coefficient (Wildman–Crippen LogP) is 0.906. The van der Waals surface area contributed by atoms with Gasteiger partial charge in [-0.2, -0.15) is 0 Å². The summed E-state index contributed by atoms with van der Waals surface area (Å²) in [5.41, 5.74) is 0.0197. The van der Waals surface area contributed by atoms with E-state index in [1.54, 1.807) is 0 Å². The average molecular weight is 182 g/mol. The smallest absolute Gasteiger partial charge is 0.238 e. The van der Waals surface area contributed by atoms with Crippen molar-refractivity contribution >= 4 is 5.91 Å². The summed E-state index contributed by atoms with van der Waals surface area (Å²) in [5.74, 6) is 1.00. The van der Waals surface area contributed by atoms with E-state index in [-0.39, 0.29) is 5.66 Å². The van der Waals surface area contributed by atoms with E-state index in [4.69, 9.17) is 0 Å². The van der Waals surface area contributed by atoms with Gasteiger partial charge in [0.25, 0.3) is 0 Å². The van der Waals surface area contributed by atoms with Crippen LogP contribution in [-0.4, -0.2) is 41.5 Å². The third kappa shape index (κ3) is 1.10. The SMILES string of the molecule is CCN1C(=O)CN(C)C1(C)C1CC1. The van der Waals surface area contributed by atoms with Crippen LogP contribution in [0.4, 0.5) is 0 Å². The fourth-order valence-electron chi connectivity index (χ4n) is 2.57. The van der Waals surface area contributed by atoms with Crippen LogP contribution in [0, 0.1) is 5.92 Å². The molecule has 3 heteroatoms. The molecular weight excluding hydrogens is 164 g/mol. The molecule has 0 aromatic carbocycles. The van der Waals surface area contributed by atoms with E-state index in [1.165, 1.54) is 12.8 Å². The summed E-state index contributed by atoms with van der Waals surface area (Å²) < 4.78 is 0. The highest BCUT2D eigenvalue weighted by molar-refractivity contribution is 5.81. The van der Waals surface area contributed by atoms with Crippen LogP contribution in [0.5, 0.6) is 0 Å². The van der Waals surface area contributed by atoms with Crippen LogP contribution in [-0.2, 0) is 4.79 Å². The van der Waals surface area contributed by atoms with Crippen molar-refractivity contribution in [3.05, 3.63) is 0 Å². The van der Waals surface area contributed by atoms with Crippen LogP contribution in [0.2, 0.25) is 0 Å². The van der Waals surface area contributed by atoms with Crippen molar-refractivity contribution in [3.8, 4) is 0 Å². The molecule has 74 valence electrons. The Hall–Kier alpha value is -0.570. The number of carbonyl (C=O) groups excluding carboxylic acids is 1. The van der Waals surface area contributed by atoms with Gasteiger partial charge >= 0.3 is 0 Å². The van der Waals surface area contributed by atoms with Crippen molar-refractivity contribution in [3.63, 3.8) is 0 Å². The zero-order valence-electron chi connectivity index (χ0n) is 8.71. The molecule has 0 radical (unpaired) electrons. The van der Waals surface area contributed by atoms with E-state index in [0.29, 0.717) is 18.4 Å². The minimum atomic E-state index is 0.0197. The van der Waals surface area contributed by atoms with Crippen LogP contribution in [0.3, 0.4) is 0 Å². The van der Waals surface area contributed by atoms with Gasteiger partial charge in [-0.15, -0.1) is 0 Å². The van der Waals surface area contributed by atoms with E-state index >= 15 is 0 Å². The molecule has 0 aromatic heterocycles. The zero-order valence-corrected chi connectivity index (χ0v) is 8.71. The third-order valence-corrected chi connectivity index (χ3v) is 3.66. The molecule has 3 nitrogen and oxygen atoms in total. The van der Waals surface area contributed by atoms with E-state index in [0.717, 1.165) is 6.54 Å². The first-order valence-corrected chi connectivity index (χ1v) is 5.12. The fourth-order valence-corrected chi connectivity index (χ4v) is 2.57. The maximum absolute atomic E-state index is 11.6. The summed E-state index contributed by atoms with van der Waals surface area (Å²) in [5, 5.41) is 0. The highest BCUT2D eigenvalue weighted by Crippen LogP contribution is 2.46. The molecule has 1 amide bonds. The molecule has 0 N–H and O–H groups in total. The van der Waals surface area contributed by atoms with Crippen molar-refractivity contribution in [2.75, 3.05) is 20.1 Å². The molecule has 13 heavy (non-hydrogen) atoms. The molecule has 1 heterocycles. The van der Waals surface area contributed by atoms with Gasteiger partial charge in [-0.1, -0.05) is 0 Å². The van der Waals surface area contributed by atoms with Crippen LogP contribution < -0.4 is 0 Å². The Morgan fingerprint density at radius 1 is 1.54 bits per heavy atom. The first-order valence-electron chi connectivity index (χ1n) is 5.12. The molecule has 1 unspecified atom stereocenters. The first kappa shape index (κ1) is 9.00. The van der Waals surface area contributed by atoms with Crippen molar-refractivity contribution < 1.29 is 4.79 Å². The predicted molar refractivity (Wildman–Crippen MR) is 51.1 cm³/mol. The minimum absolute atomic E-state index is 0.0197. The summed E-state index contributed by atoms with van der Waals surface area (Å²) in [6.45, 7) is 5.72. The molecule has 1 saturated carbocycles. The maximum Gasteiger partial charge on any atom is 0.238 e. The third-order valence-electron chi connectivity index (χ3n) is 3.66. The topological polar surface area (TPSA) is 23.6 Å². The van der Waals surface area contributed by atoms with Gasteiger partial charge in [0.2, 0.25) is 5.91 Å². The fraction of sp³-hybridized carbons (Fsp3) is 0.900. The largest absolute Gasteiger partial charge is 0.323 e. The van der Waals surface area contributed by atoms with Crippen LogP contribution in [0.1, 0.15) is 26.7 Å². The highest BCUT2D eigenvalue weighted by atomic mass is 16.2. The lowest BCUT2D eigenvalue weighted by atomic mass is 10.1. The van der Waals surface area contributed by atoms with E-state index in [2.05, 4.69) is 25.8 Å². The number of rotatable bonds is 2. The summed E-state index contributed by atoms with van der Waals surface area (Å²) in [4.78, 5) is 15.9. The second-order valence-corrected chi connectivity index (χ2v) is 4.36. The number of nitrogens with zero attached hydrogens (tertiary/aromatic N) is 2. The summed E-state index contributed by atoms with van der Waals surface area (Å²) in [7, 11) is 2.06. The number of hydrogen-bond acceptors (Lipinski definition) is 2. The molecule has 2 aliphatic rings. The standard InChI is InChI=1S/C10H18N2O/c1-4-12-9(13)7-11(3)10(12,2)8-5-6-8/h8H,4-7H2,1-3H3. The molecule has 1 saturated heterocycles. The lowest BCUT2D eigenvalue weighted by Crippen LogP contribution is -2.52. The summed E-state index contributed by atoms with van der Waals surface area (Å²) >= 11 is 0. The summed E-state index contributed by atoms with van der Waals surface area (Å²) in [6.07, 6.45) is 2.56. The number of amides is 1. The lowest BCUT2D eigenvalue weighted by Gasteiger charge is -2.39. The van der Waals surface area contributed by atoms with Crippen molar-refractivity contribution in [2.45, 2.75) is 32.4 Å². The number of likely N-dealkylation sites (N-methyl/N-ethyl adjacent to an activating group) is 2. The molecule has 1 aliphatic heterocycles.